The Labute approximate surface area is 118 Å². The molecule has 2 atom stereocenters. The van der Waals surface area contributed by atoms with Crippen LogP contribution in [0.4, 0.5) is 4.79 Å². The second kappa shape index (κ2) is 5.25. The van der Waals surface area contributed by atoms with Gasteiger partial charge in [0.05, 0.1) is 17.6 Å². The summed E-state index contributed by atoms with van der Waals surface area (Å²) < 4.78 is 4.92. The van der Waals surface area contributed by atoms with Gasteiger partial charge in [0.1, 0.15) is 6.61 Å². The lowest BCUT2D eigenvalue weighted by Crippen LogP contribution is -2.49. The summed E-state index contributed by atoms with van der Waals surface area (Å²) in [6.45, 7) is 5.31. The van der Waals surface area contributed by atoms with E-state index >= 15 is 0 Å². The predicted molar refractivity (Wildman–Crippen MR) is 72.8 cm³/mol. The Hall–Kier alpha value is -1.88. The topological polar surface area (TPSA) is 66.8 Å². The molecule has 1 aromatic rings. The van der Waals surface area contributed by atoms with Gasteiger partial charge in [-0.25, -0.2) is 9.69 Å². The smallest absolute Gasteiger partial charge is 0.417 e. The monoisotopic (exact) mass is 277 g/mol. The van der Waals surface area contributed by atoms with Crippen molar-refractivity contribution in [3.8, 4) is 0 Å². The van der Waals surface area contributed by atoms with Crippen LogP contribution in [0.3, 0.4) is 0 Å². The third kappa shape index (κ3) is 2.54. The van der Waals surface area contributed by atoms with E-state index in [0.29, 0.717) is 5.56 Å². The number of amides is 2. The number of hydrogen-bond acceptors (Lipinski definition) is 4. The molecule has 2 rings (SSSR count). The van der Waals surface area contributed by atoms with Gasteiger partial charge in [-0.15, -0.1) is 0 Å². The lowest BCUT2D eigenvalue weighted by atomic mass is 9.94. The van der Waals surface area contributed by atoms with Crippen LogP contribution >= 0.6 is 0 Å². The zero-order valence-electron chi connectivity index (χ0n) is 11.9. The average molecular weight is 277 g/mol. The number of cyclic esters (lactones) is 1. The van der Waals surface area contributed by atoms with E-state index in [1.165, 1.54) is 0 Å². The molecule has 0 spiro atoms. The number of benzene rings is 1. The second-order valence-electron chi connectivity index (χ2n) is 5.68. The van der Waals surface area contributed by atoms with Crippen molar-refractivity contribution in [1.29, 1.82) is 0 Å². The molecule has 0 aromatic heterocycles. The minimum Gasteiger partial charge on any atom is -0.447 e. The van der Waals surface area contributed by atoms with Crippen LogP contribution in [0.2, 0.25) is 0 Å². The Balaban J connectivity index is 2.19. The minimum atomic E-state index is -0.951. The molecule has 1 heterocycles. The van der Waals surface area contributed by atoms with E-state index in [1.54, 1.807) is 45.0 Å². The maximum atomic E-state index is 12.5. The Morgan fingerprint density at radius 1 is 1.35 bits per heavy atom. The normalized spacial score (nSPS) is 20.4. The van der Waals surface area contributed by atoms with Crippen molar-refractivity contribution in [3.63, 3.8) is 0 Å². The number of aliphatic hydroxyl groups excluding tert-OH is 1. The van der Waals surface area contributed by atoms with Crippen molar-refractivity contribution in [2.45, 2.75) is 32.4 Å². The minimum absolute atomic E-state index is 0.172. The van der Waals surface area contributed by atoms with Gasteiger partial charge >= 0.3 is 6.09 Å². The van der Waals surface area contributed by atoms with Crippen molar-refractivity contribution < 1.29 is 19.4 Å². The predicted octanol–water partition coefficient (Wildman–Crippen LogP) is 2.11. The first kappa shape index (κ1) is 14.5. The number of carbonyl (C=O) groups excluding carboxylic acids is 2. The third-order valence-corrected chi connectivity index (χ3v) is 3.56. The summed E-state index contributed by atoms with van der Waals surface area (Å²) in [5.41, 5.74) is -0.0301. The summed E-state index contributed by atoms with van der Waals surface area (Å²) in [5.74, 6) is -1.14. The Morgan fingerprint density at radius 3 is 2.45 bits per heavy atom. The van der Waals surface area contributed by atoms with Gasteiger partial charge in [0.25, 0.3) is 0 Å². The summed E-state index contributed by atoms with van der Waals surface area (Å²) in [6, 6.07) is 8.93. The maximum Gasteiger partial charge on any atom is 0.417 e. The summed E-state index contributed by atoms with van der Waals surface area (Å²) in [7, 11) is 0. The molecule has 0 aliphatic carbocycles. The first-order valence-electron chi connectivity index (χ1n) is 6.58. The van der Waals surface area contributed by atoms with Crippen LogP contribution in [-0.4, -0.2) is 34.2 Å². The standard InChI is InChI=1S/C15H19NO4/c1-10(12(17)11-7-5-4-6-8-11)13(18)16-14(19)20-9-15(16,2)3/h4-8,10,12,17H,9H2,1-3H3/t10-,12+/m1/s1. The van der Waals surface area contributed by atoms with Gasteiger partial charge < -0.3 is 9.84 Å². The lowest BCUT2D eigenvalue weighted by molar-refractivity contribution is -0.138. The van der Waals surface area contributed by atoms with Gasteiger partial charge in [0.2, 0.25) is 5.91 Å². The van der Waals surface area contributed by atoms with E-state index < -0.39 is 29.6 Å². The van der Waals surface area contributed by atoms with E-state index in [-0.39, 0.29) is 6.61 Å². The molecule has 5 nitrogen and oxygen atoms in total. The Kier molecular flexibility index (Phi) is 3.81. The van der Waals surface area contributed by atoms with Crippen molar-refractivity contribution in [3.05, 3.63) is 35.9 Å². The van der Waals surface area contributed by atoms with Gasteiger partial charge in [-0.05, 0) is 19.4 Å². The molecule has 108 valence electrons. The SMILES string of the molecule is C[C@@H](C(=O)N1C(=O)OCC1(C)C)[C@H](O)c1ccccc1. The fourth-order valence-corrected chi connectivity index (χ4v) is 2.28. The number of imide groups is 1. The number of hydrogen-bond donors (Lipinski definition) is 1. The fourth-order valence-electron chi connectivity index (χ4n) is 2.28. The van der Waals surface area contributed by atoms with Gasteiger partial charge in [0, 0.05) is 0 Å². The molecular formula is C15H19NO4. The molecular weight excluding hydrogens is 258 g/mol. The number of ether oxygens (including phenoxy) is 1. The summed E-state index contributed by atoms with van der Waals surface area (Å²) in [6.07, 6.45) is -1.60. The van der Waals surface area contributed by atoms with Gasteiger partial charge in [-0.2, -0.15) is 0 Å². The first-order chi connectivity index (χ1) is 9.34. The largest absolute Gasteiger partial charge is 0.447 e. The van der Waals surface area contributed by atoms with Crippen LogP contribution in [-0.2, 0) is 9.53 Å². The second-order valence-corrected chi connectivity index (χ2v) is 5.68. The Bertz CT molecular complexity index is 512. The molecule has 1 aliphatic heterocycles. The van der Waals surface area contributed by atoms with Crippen LogP contribution in [0, 0.1) is 5.92 Å². The molecule has 1 fully saturated rings. The van der Waals surface area contributed by atoms with E-state index in [9.17, 15) is 14.7 Å². The van der Waals surface area contributed by atoms with Crippen LogP contribution in [0.15, 0.2) is 30.3 Å². The number of rotatable bonds is 3. The quantitative estimate of drug-likeness (QED) is 0.919. The molecule has 1 N–H and O–H groups in total. The summed E-state index contributed by atoms with van der Waals surface area (Å²) >= 11 is 0. The third-order valence-electron chi connectivity index (χ3n) is 3.56. The van der Waals surface area contributed by atoms with Crippen LogP contribution in [0.1, 0.15) is 32.4 Å². The highest BCUT2D eigenvalue weighted by Crippen LogP contribution is 2.30. The van der Waals surface area contributed by atoms with Crippen LogP contribution in [0.25, 0.3) is 0 Å². The van der Waals surface area contributed by atoms with Gasteiger partial charge in [0.15, 0.2) is 0 Å². The maximum absolute atomic E-state index is 12.5. The van der Waals surface area contributed by atoms with Crippen molar-refractivity contribution in [2.75, 3.05) is 6.61 Å². The molecule has 1 aromatic carbocycles. The molecule has 5 heteroatoms. The summed E-state index contributed by atoms with van der Waals surface area (Å²) in [4.78, 5) is 25.2. The van der Waals surface area contributed by atoms with Gasteiger partial charge in [-0.3, -0.25) is 4.79 Å². The van der Waals surface area contributed by atoms with Crippen LogP contribution < -0.4 is 0 Å². The number of nitrogens with zero attached hydrogens (tertiary/aromatic N) is 1. The Morgan fingerprint density at radius 2 is 1.95 bits per heavy atom. The van der Waals surface area contributed by atoms with Crippen molar-refractivity contribution in [1.82, 2.24) is 4.90 Å². The fraction of sp³-hybridized carbons (Fsp3) is 0.467. The highest BCUT2D eigenvalue weighted by molar-refractivity contribution is 5.95. The highest BCUT2D eigenvalue weighted by Gasteiger charge is 2.46. The van der Waals surface area contributed by atoms with E-state index in [4.69, 9.17) is 4.74 Å². The van der Waals surface area contributed by atoms with Crippen LogP contribution in [0.5, 0.6) is 0 Å². The van der Waals surface area contributed by atoms with E-state index in [1.807, 2.05) is 6.07 Å². The van der Waals surface area contributed by atoms with Crippen molar-refractivity contribution in [2.24, 2.45) is 5.92 Å². The van der Waals surface area contributed by atoms with E-state index in [0.717, 1.165) is 4.90 Å². The van der Waals surface area contributed by atoms with Gasteiger partial charge in [-0.1, -0.05) is 37.3 Å². The average Bonchev–Trinajstić information content (AvgIpc) is 2.71. The molecule has 2 amide bonds. The molecule has 0 saturated carbocycles. The van der Waals surface area contributed by atoms with Crippen molar-refractivity contribution >= 4 is 12.0 Å². The molecule has 0 unspecified atom stereocenters. The molecule has 0 radical (unpaired) electrons. The molecule has 1 saturated heterocycles. The highest BCUT2D eigenvalue weighted by atomic mass is 16.6. The molecule has 0 bridgehead atoms. The van der Waals surface area contributed by atoms with E-state index in [2.05, 4.69) is 0 Å². The zero-order chi connectivity index (χ0) is 14.9. The molecule has 1 aliphatic rings. The molecule has 20 heavy (non-hydrogen) atoms. The first-order valence-corrected chi connectivity index (χ1v) is 6.58. The number of aliphatic hydroxyl groups is 1. The number of carbonyl (C=O) groups is 2. The summed E-state index contributed by atoms with van der Waals surface area (Å²) in [5, 5.41) is 10.3. The lowest BCUT2D eigenvalue weighted by Gasteiger charge is -2.30. The zero-order valence-corrected chi connectivity index (χ0v) is 11.9.